The zero-order valence-corrected chi connectivity index (χ0v) is 8.48. The first-order valence-corrected chi connectivity index (χ1v) is 5.45. The van der Waals surface area contributed by atoms with Crippen LogP contribution in [-0.4, -0.2) is 22.5 Å². The molecule has 1 aliphatic carbocycles. The number of rotatable bonds is 1. The van der Waals surface area contributed by atoms with Gasteiger partial charge in [-0.1, -0.05) is 0 Å². The third kappa shape index (κ3) is 1.08. The Morgan fingerprint density at radius 3 is 2.87 bits per heavy atom. The highest BCUT2D eigenvalue weighted by Crippen LogP contribution is 2.47. The number of carbonyl (C=O) groups excluding carboxylic acids is 1. The Morgan fingerprint density at radius 1 is 1.53 bits per heavy atom. The Balaban J connectivity index is 2.08. The van der Waals surface area contributed by atoms with Crippen molar-refractivity contribution in [3.05, 3.63) is 10.3 Å². The van der Waals surface area contributed by atoms with E-state index in [4.69, 9.17) is 5.11 Å². The van der Waals surface area contributed by atoms with Crippen LogP contribution in [0.5, 0.6) is 0 Å². The number of carboxylic acids is 1. The van der Waals surface area contributed by atoms with Gasteiger partial charge < -0.3 is 15.7 Å². The Labute approximate surface area is 89.1 Å². The maximum atomic E-state index is 11.6. The molecule has 1 saturated carbocycles. The lowest BCUT2D eigenvalue weighted by Gasteiger charge is -2.24. The Bertz CT molecular complexity index is 476. The van der Waals surface area contributed by atoms with E-state index in [0.29, 0.717) is 11.4 Å². The van der Waals surface area contributed by atoms with Gasteiger partial charge in [0.15, 0.2) is 0 Å². The molecule has 0 unspecified atom stereocenters. The van der Waals surface area contributed by atoms with Crippen LogP contribution in [-0.2, 0) is 4.79 Å². The second-order valence-corrected chi connectivity index (χ2v) is 4.70. The van der Waals surface area contributed by atoms with Crippen LogP contribution < -0.4 is 10.6 Å². The van der Waals surface area contributed by atoms with Crippen molar-refractivity contribution < 1.29 is 14.7 Å². The predicted octanol–water partition coefficient (Wildman–Crippen LogP) is 1.34. The van der Waals surface area contributed by atoms with Crippen LogP contribution in [0.3, 0.4) is 0 Å². The van der Waals surface area contributed by atoms with Crippen LogP contribution in [0.4, 0.5) is 11.4 Å². The molecule has 2 aliphatic rings. The second-order valence-electron chi connectivity index (χ2n) is 3.82. The topological polar surface area (TPSA) is 78.4 Å². The largest absolute Gasteiger partial charge is 0.477 e. The molecule has 0 aromatic carbocycles. The normalized spacial score (nSPS) is 20.4. The Hall–Kier alpha value is -1.56. The zero-order valence-electron chi connectivity index (χ0n) is 7.66. The van der Waals surface area contributed by atoms with Crippen molar-refractivity contribution in [2.24, 2.45) is 0 Å². The van der Waals surface area contributed by atoms with E-state index in [0.717, 1.165) is 24.2 Å². The van der Waals surface area contributed by atoms with Gasteiger partial charge in [0.1, 0.15) is 10.4 Å². The van der Waals surface area contributed by atoms with Gasteiger partial charge >= 0.3 is 5.97 Å². The third-order valence-corrected chi connectivity index (χ3v) is 3.75. The highest BCUT2D eigenvalue weighted by molar-refractivity contribution is 7.13. The zero-order chi connectivity index (χ0) is 10.6. The third-order valence-electron chi connectivity index (χ3n) is 2.78. The number of nitrogens with one attached hydrogen (secondary N) is 2. The number of carboxylic acid groups (broad SMARTS) is 1. The minimum absolute atomic E-state index is 0.0512. The number of anilines is 2. The van der Waals surface area contributed by atoms with E-state index in [1.54, 1.807) is 5.38 Å². The first-order chi connectivity index (χ1) is 7.12. The van der Waals surface area contributed by atoms with Gasteiger partial charge in [0, 0.05) is 5.38 Å². The van der Waals surface area contributed by atoms with Crippen molar-refractivity contribution in [1.82, 2.24) is 0 Å². The lowest BCUT2D eigenvalue weighted by Crippen LogP contribution is -2.40. The van der Waals surface area contributed by atoms with Crippen molar-refractivity contribution in [2.45, 2.75) is 18.4 Å². The Morgan fingerprint density at radius 2 is 2.27 bits per heavy atom. The summed E-state index contributed by atoms with van der Waals surface area (Å²) in [6, 6.07) is 0. The number of thiophene rings is 1. The molecule has 1 aliphatic heterocycles. The quantitative estimate of drug-likeness (QED) is 0.672. The van der Waals surface area contributed by atoms with Crippen LogP contribution in [0.2, 0.25) is 0 Å². The first-order valence-electron chi connectivity index (χ1n) is 4.57. The number of aromatic carboxylic acids is 1. The van der Waals surface area contributed by atoms with E-state index in [1.807, 2.05) is 0 Å². The van der Waals surface area contributed by atoms with Gasteiger partial charge in [-0.15, -0.1) is 11.3 Å². The standard InChI is InChI=1S/C9H8N2O3S/c12-7(13)6-5-4(3-15-6)10-8(14)9(11-5)1-2-9/h3,11H,1-2H2,(H,10,14)(H,12,13). The fraction of sp³-hybridized carbons (Fsp3) is 0.333. The minimum atomic E-state index is -0.958. The molecule has 1 aromatic heterocycles. The van der Waals surface area contributed by atoms with Gasteiger partial charge in [-0.2, -0.15) is 0 Å². The summed E-state index contributed by atoms with van der Waals surface area (Å²) in [7, 11) is 0. The molecule has 3 rings (SSSR count). The summed E-state index contributed by atoms with van der Waals surface area (Å²) in [6.07, 6.45) is 1.54. The number of hydrogen-bond acceptors (Lipinski definition) is 4. The van der Waals surface area contributed by atoms with Crippen molar-refractivity contribution in [3.8, 4) is 0 Å². The van der Waals surface area contributed by atoms with E-state index in [9.17, 15) is 9.59 Å². The molecule has 6 heteroatoms. The molecule has 1 fully saturated rings. The summed E-state index contributed by atoms with van der Waals surface area (Å²) in [5.74, 6) is -1.01. The average Bonchev–Trinajstić information content (AvgIpc) is 2.82. The molecule has 15 heavy (non-hydrogen) atoms. The summed E-state index contributed by atoms with van der Waals surface area (Å²) >= 11 is 1.13. The van der Waals surface area contributed by atoms with E-state index < -0.39 is 11.5 Å². The molecule has 3 N–H and O–H groups in total. The van der Waals surface area contributed by atoms with E-state index in [1.165, 1.54) is 0 Å². The molecule has 2 heterocycles. The number of amides is 1. The molecule has 1 spiro atoms. The van der Waals surface area contributed by atoms with Crippen LogP contribution in [0.1, 0.15) is 22.5 Å². The maximum Gasteiger partial charge on any atom is 0.348 e. The van der Waals surface area contributed by atoms with Crippen LogP contribution in [0, 0.1) is 0 Å². The molecule has 1 aromatic rings. The molecular weight excluding hydrogens is 216 g/mol. The summed E-state index contributed by atoms with van der Waals surface area (Å²) in [5, 5.41) is 16.4. The lowest BCUT2D eigenvalue weighted by molar-refractivity contribution is -0.117. The monoisotopic (exact) mass is 224 g/mol. The summed E-state index contributed by atoms with van der Waals surface area (Å²) in [5.41, 5.74) is 0.614. The molecule has 1 amide bonds. The molecule has 0 radical (unpaired) electrons. The number of carbonyl (C=O) groups is 2. The lowest BCUT2D eigenvalue weighted by atomic mass is 10.1. The fourth-order valence-corrected chi connectivity index (χ4v) is 2.54. The second kappa shape index (κ2) is 2.52. The fourth-order valence-electron chi connectivity index (χ4n) is 1.75. The number of hydrogen-bond donors (Lipinski definition) is 3. The van der Waals surface area contributed by atoms with Crippen LogP contribution in [0.15, 0.2) is 5.38 Å². The molecule has 0 atom stereocenters. The Kier molecular flexibility index (Phi) is 1.46. The van der Waals surface area contributed by atoms with Crippen molar-refractivity contribution in [1.29, 1.82) is 0 Å². The van der Waals surface area contributed by atoms with Crippen LogP contribution >= 0.6 is 11.3 Å². The summed E-state index contributed by atoms with van der Waals surface area (Å²) in [4.78, 5) is 22.8. The number of fused-ring (bicyclic) bond motifs is 1. The van der Waals surface area contributed by atoms with Gasteiger partial charge in [0.2, 0.25) is 5.91 Å². The molecular formula is C9H8N2O3S. The summed E-state index contributed by atoms with van der Waals surface area (Å²) < 4.78 is 0. The molecule has 5 nitrogen and oxygen atoms in total. The first kappa shape index (κ1) is 8.72. The summed E-state index contributed by atoms with van der Waals surface area (Å²) in [6.45, 7) is 0. The SMILES string of the molecule is O=C(O)c1scc2c1NC1(CC1)C(=O)N2. The van der Waals surface area contributed by atoms with Gasteiger partial charge in [-0.25, -0.2) is 4.79 Å². The van der Waals surface area contributed by atoms with Gasteiger partial charge in [-0.05, 0) is 12.8 Å². The highest BCUT2D eigenvalue weighted by atomic mass is 32.1. The molecule has 0 saturated heterocycles. The van der Waals surface area contributed by atoms with Gasteiger partial charge in [-0.3, -0.25) is 4.79 Å². The average molecular weight is 224 g/mol. The van der Waals surface area contributed by atoms with Gasteiger partial charge in [0.25, 0.3) is 0 Å². The molecule has 78 valence electrons. The van der Waals surface area contributed by atoms with Gasteiger partial charge in [0.05, 0.1) is 11.4 Å². The van der Waals surface area contributed by atoms with Crippen molar-refractivity contribution in [3.63, 3.8) is 0 Å². The van der Waals surface area contributed by atoms with E-state index >= 15 is 0 Å². The predicted molar refractivity (Wildman–Crippen MR) is 55.5 cm³/mol. The van der Waals surface area contributed by atoms with Crippen molar-refractivity contribution >= 4 is 34.6 Å². The maximum absolute atomic E-state index is 11.6. The smallest absolute Gasteiger partial charge is 0.348 e. The van der Waals surface area contributed by atoms with E-state index in [2.05, 4.69) is 10.6 Å². The minimum Gasteiger partial charge on any atom is -0.477 e. The van der Waals surface area contributed by atoms with Crippen LogP contribution in [0.25, 0.3) is 0 Å². The highest BCUT2D eigenvalue weighted by Gasteiger charge is 2.53. The molecule has 0 bridgehead atoms. The van der Waals surface area contributed by atoms with E-state index in [-0.39, 0.29) is 10.8 Å². The van der Waals surface area contributed by atoms with Crippen molar-refractivity contribution in [2.75, 3.05) is 10.6 Å².